The second kappa shape index (κ2) is 6.64. The summed E-state index contributed by atoms with van der Waals surface area (Å²) < 4.78 is 11.1. The summed E-state index contributed by atoms with van der Waals surface area (Å²) in [5.41, 5.74) is 0.440. The molecule has 0 saturated heterocycles. The number of para-hydroxylation sites is 1. The number of fused-ring (bicyclic) bond motifs is 1. The molecule has 1 aliphatic rings. The standard InChI is InChI=1S/C19H16N2O3S/c1-12-11-16-17(25-12)21-19(24-18(16)22)20-13-7-9-15(10-8-13)23-14-5-3-2-4-6-14/h2-7,9,11,15H,8,10H2,1H3. The fraction of sp³-hybridized carbons (Fsp3) is 0.211. The summed E-state index contributed by atoms with van der Waals surface area (Å²) in [5, 5.41) is 0.516. The number of hydrogen-bond donors (Lipinski definition) is 0. The van der Waals surface area contributed by atoms with Crippen molar-refractivity contribution >= 4 is 33.3 Å². The number of aromatic nitrogens is 1. The van der Waals surface area contributed by atoms with Gasteiger partial charge in [0, 0.05) is 10.6 Å². The van der Waals surface area contributed by atoms with Crippen LogP contribution in [0.2, 0.25) is 0 Å². The Morgan fingerprint density at radius 3 is 2.92 bits per heavy atom. The highest BCUT2D eigenvalue weighted by molar-refractivity contribution is 7.18. The Hall–Kier alpha value is -2.73. The molecule has 1 aliphatic carbocycles. The third kappa shape index (κ3) is 3.53. The number of allylic oxidation sites excluding steroid dienone is 1. The predicted octanol–water partition coefficient (Wildman–Crippen LogP) is 4.43. The van der Waals surface area contributed by atoms with Crippen LogP contribution in [0.15, 0.2) is 62.8 Å². The molecule has 6 heteroatoms. The highest BCUT2D eigenvalue weighted by atomic mass is 32.1. The first kappa shape index (κ1) is 15.8. The van der Waals surface area contributed by atoms with Gasteiger partial charge in [-0.15, -0.1) is 11.3 Å². The molecule has 0 saturated carbocycles. The van der Waals surface area contributed by atoms with Gasteiger partial charge in [0.25, 0.3) is 0 Å². The second-order valence-corrected chi connectivity index (χ2v) is 7.06. The van der Waals surface area contributed by atoms with E-state index in [0.717, 1.165) is 29.2 Å². The molecule has 2 heterocycles. The molecule has 5 nitrogen and oxygen atoms in total. The van der Waals surface area contributed by atoms with Crippen LogP contribution < -0.4 is 10.4 Å². The number of thiophene rings is 1. The number of ether oxygens (including phenoxy) is 1. The van der Waals surface area contributed by atoms with Gasteiger partial charge in [0.05, 0.1) is 5.39 Å². The van der Waals surface area contributed by atoms with Gasteiger partial charge in [-0.2, -0.15) is 9.98 Å². The molecule has 0 aliphatic heterocycles. The lowest BCUT2D eigenvalue weighted by Gasteiger charge is -2.19. The van der Waals surface area contributed by atoms with Crippen molar-refractivity contribution in [1.29, 1.82) is 0 Å². The van der Waals surface area contributed by atoms with Crippen LogP contribution >= 0.6 is 11.3 Å². The van der Waals surface area contributed by atoms with E-state index in [1.54, 1.807) is 6.07 Å². The van der Waals surface area contributed by atoms with Gasteiger partial charge in [-0.05, 0) is 50.1 Å². The zero-order valence-corrected chi connectivity index (χ0v) is 14.5. The van der Waals surface area contributed by atoms with E-state index in [-0.39, 0.29) is 12.1 Å². The number of aryl methyl sites for hydroxylation is 1. The van der Waals surface area contributed by atoms with Gasteiger partial charge in [0.1, 0.15) is 16.7 Å². The summed E-state index contributed by atoms with van der Waals surface area (Å²) in [6.07, 6.45) is 5.45. The van der Waals surface area contributed by atoms with Crippen LogP contribution in [-0.2, 0) is 0 Å². The molecule has 4 rings (SSSR count). The van der Waals surface area contributed by atoms with Gasteiger partial charge in [-0.1, -0.05) is 18.2 Å². The van der Waals surface area contributed by atoms with Gasteiger partial charge < -0.3 is 9.15 Å². The summed E-state index contributed by atoms with van der Waals surface area (Å²) >= 11 is 1.47. The summed E-state index contributed by atoms with van der Waals surface area (Å²) in [6.45, 7) is 1.94. The molecule has 0 fully saturated rings. The van der Waals surface area contributed by atoms with Crippen molar-refractivity contribution in [2.75, 3.05) is 0 Å². The van der Waals surface area contributed by atoms with Crippen molar-refractivity contribution < 1.29 is 9.15 Å². The first-order valence-electron chi connectivity index (χ1n) is 8.06. The third-order valence-corrected chi connectivity index (χ3v) is 4.84. The predicted molar refractivity (Wildman–Crippen MR) is 99.2 cm³/mol. The van der Waals surface area contributed by atoms with Crippen LogP contribution in [0, 0.1) is 6.92 Å². The van der Waals surface area contributed by atoms with Gasteiger partial charge >= 0.3 is 11.6 Å². The lowest BCUT2D eigenvalue weighted by Crippen LogP contribution is -2.19. The lowest BCUT2D eigenvalue weighted by atomic mass is 10.0. The third-order valence-electron chi connectivity index (χ3n) is 3.89. The average Bonchev–Trinajstić information content (AvgIpc) is 2.99. The number of rotatable bonds is 3. The minimum atomic E-state index is -0.390. The zero-order chi connectivity index (χ0) is 17.2. The monoisotopic (exact) mass is 352 g/mol. The first-order valence-corrected chi connectivity index (χ1v) is 8.88. The second-order valence-electron chi connectivity index (χ2n) is 5.83. The van der Waals surface area contributed by atoms with Gasteiger partial charge in [0.2, 0.25) is 0 Å². The largest absolute Gasteiger partial charge is 0.486 e. The molecule has 25 heavy (non-hydrogen) atoms. The van der Waals surface area contributed by atoms with E-state index in [9.17, 15) is 4.79 Å². The SMILES string of the molecule is Cc1cc2c(=O)oc(N=C3C=CC(Oc4ccccc4)CC3)nc2s1. The molecule has 0 N–H and O–H groups in total. The van der Waals surface area contributed by atoms with E-state index in [2.05, 4.69) is 9.98 Å². The highest BCUT2D eigenvalue weighted by Gasteiger charge is 2.15. The normalized spacial score (nSPS) is 18.8. The van der Waals surface area contributed by atoms with Crippen molar-refractivity contribution in [1.82, 2.24) is 4.98 Å². The van der Waals surface area contributed by atoms with Crippen molar-refractivity contribution in [3.05, 3.63) is 63.8 Å². The molecule has 1 atom stereocenters. The van der Waals surface area contributed by atoms with Crippen LogP contribution in [0.25, 0.3) is 10.2 Å². The minimum Gasteiger partial charge on any atom is -0.486 e. The highest BCUT2D eigenvalue weighted by Crippen LogP contribution is 2.24. The molecule has 0 bridgehead atoms. The molecule has 0 radical (unpaired) electrons. The first-order chi connectivity index (χ1) is 12.2. The minimum absolute atomic E-state index is 0.0174. The van der Waals surface area contributed by atoms with E-state index >= 15 is 0 Å². The molecular weight excluding hydrogens is 336 g/mol. The summed E-state index contributed by atoms with van der Waals surface area (Å²) in [6, 6.07) is 11.6. The molecule has 126 valence electrons. The fourth-order valence-corrected chi connectivity index (χ4v) is 3.56. The molecule has 1 unspecified atom stereocenters. The molecule has 3 aromatic rings. The number of benzene rings is 1. The molecular formula is C19H16N2O3S. The Kier molecular flexibility index (Phi) is 4.19. The van der Waals surface area contributed by atoms with Crippen molar-refractivity contribution in [2.45, 2.75) is 25.9 Å². The Labute approximate surface area is 148 Å². The zero-order valence-electron chi connectivity index (χ0n) is 13.6. The topological polar surface area (TPSA) is 64.7 Å². The lowest BCUT2D eigenvalue weighted by molar-refractivity contribution is 0.239. The number of aliphatic imine (C=N–C) groups is 1. The van der Waals surface area contributed by atoms with Crippen molar-refractivity contribution in [2.24, 2.45) is 4.99 Å². The van der Waals surface area contributed by atoms with Crippen LogP contribution in [0.4, 0.5) is 6.01 Å². The molecule has 1 aromatic carbocycles. The van der Waals surface area contributed by atoms with E-state index in [1.165, 1.54) is 11.3 Å². The van der Waals surface area contributed by atoms with Crippen LogP contribution in [-0.4, -0.2) is 16.8 Å². The van der Waals surface area contributed by atoms with E-state index < -0.39 is 5.63 Å². The maximum absolute atomic E-state index is 12.0. The number of hydrogen-bond acceptors (Lipinski definition) is 6. The van der Waals surface area contributed by atoms with E-state index in [4.69, 9.17) is 9.15 Å². The summed E-state index contributed by atoms with van der Waals surface area (Å²) in [5.74, 6) is 0.851. The molecule has 0 spiro atoms. The van der Waals surface area contributed by atoms with E-state index in [1.807, 2.05) is 49.4 Å². The maximum atomic E-state index is 12.0. The Bertz CT molecular complexity index is 1020. The Balaban J connectivity index is 1.53. The van der Waals surface area contributed by atoms with Crippen molar-refractivity contribution in [3.63, 3.8) is 0 Å². The summed E-state index contributed by atoms with van der Waals surface area (Å²) in [7, 11) is 0. The number of nitrogens with zero attached hydrogens (tertiary/aromatic N) is 2. The van der Waals surface area contributed by atoms with Gasteiger partial charge in [-0.25, -0.2) is 4.79 Å². The average molecular weight is 352 g/mol. The Morgan fingerprint density at radius 1 is 1.32 bits per heavy atom. The van der Waals surface area contributed by atoms with Crippen LogP contribution in [0.3, 0.4) is 0 Å². The summed E-state index contributed by atoms with van der Waals surface area (Å²) in [4.78, 5) is 22.4. The van der Waals surface area contributed by atoms with E-state index in [0.29, 0.717) is 10.2 Å². The van der Waals surface area contributed by atoms with Gasteiger partial charge in [-0.3, -0.25) is 0 Å². The fourth-order valence-electron chi connectivity index (χ4n) is 2.70. The van der Waals surface area contributed by atoms with Crippen LogP contribution in [0.5, 0.6) is 5.75 Å². The van der Waals surface area contributed by atoms with Crippen molar-refractivity contribution in [3.8, 4) is 5.75 Å². The quantitative estimate of drug-likeness (QED) is 0.699. The molecule has 0 amide bonds. The van der Waals surface area contributed by atoms with Gasteiger partial charge in [0.15, 0.2) is 0 Å². The molecule has 2 aromatic heterocycles. The van der Waals surface area contributed by atoms with Crippen LogP contribution in [0.1, 0.15) is 17.7 Å². The maximum Gasteiger partial charge on any atom is 0.349 e. The Morgan fingerprint density at radius 2 is 2.16 bits per heavy atom. The smallest absolute Gasteiger partial charge is 0.349 e.